The number of nitrogens with one attached hydrogen (secondary N) is 2. The van der Waals surface area contributed by atoms with Crippen LogP contribution in [0.2, 0.25) is 0 Å². The number of carbonyl (C=O) groups excluding carboxylic acids is 1. The zero-order valence-corrected chi connectivity index (χ0v) is 17.7. The number of H-pyrrole nitrogens is 1. The number of amides is 1. The average Bonchev–Trinajstić information content (AvgIpc) is 3.17. The summed E-state index contributed by atoms with van der Waals surface area (Å²) in [6.45, 7) is 7.20. The first-order valence-electron chi connectivity index (χ1n) is 9.51. The molecule has 0 aromatic carbocycles. The first-order chi connectivity index (χ1) is 14.2. The maximum atomic E-state index is 11.5. The van der Waals surface area contributed by atoms with Crippen LogP contribution >= 0.6 is 0 Å². The van der Waals surface area contributed by atoms with Gasteiger partial charge in [-0.1, -0.05) is 23.3 Å². The summed E-state index contributed by atoms with van der Waals surface area (Å²) in [5.41, 5.74) is 3.67. The van der Waals surface area contributed by atoms with Crippen molar-refractivity contribution in [1.29, 1.82) is 0 Å². The number of carboxylic acids is 2. The number of aryl methyl sites for hydroxylation is 1. The molecule has 0 aliphatic rings. The fourth-order valence-corrected chi connectivity index (χ4v) is 2.04. The summed E-state index contributed by atoms with van der Waals surface area (Å²) in [4.78, 5) is 37.6. The molecule has 9 nitrogen and oxygen atoms in total. The van der Waals surface area contributed by atoms with Gasteiger partial charge >= 0.3 is 18.0 Å². The maximum Gasteiger partial charge on any atom is 0.407 e. The number of ether oxygens (including phenoxy) is 1. The summed E-state index contributed by atoms with van der Waals surface area (Å²) < 4.78 is 5.11. The Morgan fingerprint density at radius 2 is 1.80 bits per heavy atom. The van der Waals surface area contributed by atoms with Crippen LogP contribution in [0.1, 0.15) is 45.7 Å². The molecule has 0 fully saturated rings. The molecule has 4 N–H and O–H groups in total. The summed E-state index contributed by atoms with van der Waals surface area (Å²) in [6, 6.07) is 0. The van der Waals surface area contributed by atoms with Crippen molar-refractivity contribution < 1.29 is 29.3 Å². The fraction of sp³-hybridized carbons (Fsp3) is 0.429. The number of rotatable bonds is 11. The van der Waals surface area contributed by atoms with Crippen LogP contribution < -0.4 is 5.32 Å². The Balaban J connectivity index is 0.000000890. The molecule has 1 rings (SSSR count). The molecule has 0 saturated carbocycles. The molecule has 1 amide bonds. The topological polar surface area (TPSA) is 142 Å². The van der Waals surface area contributed by atoms with Crippen molar-refractivity contribution >= 4 is 18.0 Å². The van der Waals surface area contributed by atoms with Crippen molar-refractivity contribution in [2.75, 3.05) is 13.2 Å². The first-order valence-corrected chi connectivity index (χ1v) is 9.51. The Labute approximate surface area is 176 Å². The van der Waals surface area contributed by atoms with Gasteiger partial charge in [-0.15, -0.1) is 0 Å². The van der Waals surface area contributed by atoms with Gasteiger partial charge in [-0.3, -0.25) is 0 Å². The van der Waals surface area contributed by atoms with E-state index in [9.17, 15) is 14.4 Å². The van der Waals surface area contributed by atoms with Gasteiger partial charge in [0.1, 0.15) is 0 Å². The molecule has 0 spiro atoms. The molecule has 0 saturated heterocycles. The molecule has 0 unspecified atom stereocenters. The summed E-state index contributed by atoms with van der Waals surface area (Å²) in [5, 5.41) is 18.4. The van der Waals surface area contributed by atoms with Gasteiger partial charge in [0, 0.05) is 30.6 Å². The highest BCUT2D eigenvalue weighted by Crippen LogP contribution is 2.05. The molecule has 0 bridgehead atoms. The number of alkyl carbamates (subject to hydrolysis) is 1. The minimum atomic E-state index is -1.26. The lowest BCUT2D eigenvalue weighted by Crippen LogP contribution is -2.25. The third-order valence-corrected chi connectivity index (χ3v) is 3.54. The van der Waals surface area contributed by atoms with Gasteiger partial charge < -0.3 is 25.3 Å². The van der Waals surface area contributed by atoms with E-state index in [1.807, 2.05) is 6.08 Å². The molecule has 0 radical (unpaired) electrons. The maximum absolute atomic E-state index is 11.5. The van der Waals surface area contributed by atoms with Crippen LogP contribution in [0.3, 0.4) is 0 Å². The third-order valence-electron chi connectivity index (χ3n) is 3.54. The van der Waals surface area contributed by atoms with Gasteiger partial charge in [-0.2, -0.15) is 0 Å². The van der Waals surface area contributed by atoms with Crippen LogP contribution in [0.25, 0.3) is 0 Å². The zero-order valence-electron chi connectivity index (χ0n) is 17.7. The van der Waals surface area contributed by atoms with E-state index in [4.69, 9.17) is 14.9 Å². The van der Waals surface area contributed by atoms with Gasteiger partial charge in [0.2, 0.25) is 0 Å². The van der Waals surface area contributed by atoms with Crippen molar-refractivity contribution in [2.45, 2.75) is 46.5 Å². The van der Waals surface area contributed by atoms with Gasteiger partial charge in [-0.25, -0.2) is 19.4 Å². The molecule has 30 heavy (non-hydrogen) atoms. The zero-order chi connectivity index (χ0) is 22.8. The summed E-state index contributed by atoms with van der Waals surface area (Å²) in [7, 11) is 0. The van der Waals surface area contributed by atoms with Gasteiger partial charge in [0.05, 0.1) is 12.9 Å². The van der Waals surface area contributed by atoms with Crippen LogP contribution in [0.5, 0.6) is 0 Å². The van der Waals surface area contributed by atoms with Crippen LogP contribution in [0.4, 0.5) is 4.79 Å². The van der Waals surface area contributed by atoms with Crippen LogP contribution in [0, 0.1) is 0 Å². The molecule has 0 aliphatic carbocycles. The first kappa shape index (κ1) is 26.6. The number of hydrogen-bond donors (Lipinski definition) is 4. The monoisotopic (exact) mass is 421 g/mol. The Morgan fingerprint density at radius 1 is 1.13 bits per heavy atom. The summed E-state index contributed by atoms with van der Waals surface area (Å²) in [6.07, 6.45) is 12.1. The minimum absolute atomic E-state index is 0.363. The largest absolute Gasteiger partial charge is 0.478 e. The molecular weight excluding hydrogens is 390 g/mol. The second kappa shape index (κ2) is 16.6. The lowest BCUT2D eigenvalue weighted by Gasteiger charge is -2.05. The van der Waals surface area contributed by atoms with Gasteiger partial charge in [0.25, 0.3) is 0 Å². The number of carbonyl (C=O) groups is 3. The van der Waals surface area contributed by atoms with E-state index < -0.39 is 11.9 Å². The van der Waals surface area contributed by atoms with E-state index in [2.05, 4.69) is 42.1 Å². The molecule has 1 aromatic heterocycles. The van der Waals surface area contributed by atoms with Crippen molar-refractivity contribution in [3.8, 4) is 0 Å². The number of aromatic amines is 1. The SMILES string of the molecule is CC(C)=CCC/C(C)=C/CNC(=O)OCCCc1cnc[nH]1.O=C(O)/C=C\C(=O)O. The quantitative estimate of drug-likeness (QED) is 0.243. The number of aromatic nitrogens is 2. The Morgan fingerprint density at radius 3 is 2.33 bits per heavy atom. The smallest absolute Gasteiger partial charge is 0.407 e. The number of carboxylic acid groups (broad SMARTS) is 2. The molecule has 0 atom stereocenters. The van der Waals surface area contributed by atoms with Crippen molar-refractivity contribution in [1.82, 2.24) is 15.3 Å². The molecule has 9 heteroatoms. The van der Waals surface area contributed by atoms with E-state index in [0.717, 1.165) is 31.4 Å². The van der Waals surface area contributed by atoms with Crippen molar-refractivity contribution in [3.63, 3.8) is 0 Å². The standard InChI is InChI=1S/C17H27N3O2.C4H4O4/c1-14(2)6-4-7-15(3)9-10-19-17(21)22-11-5-8-16-12-18-13-20-16;5-3(6)1-2-4(7)8/h6,9,12-13H,4-5,7-8,10-11H2,1-3H3,(H,18,20)(H,19,21);1-2H,(H,5,6)(H,7,8)/b15-9+;2-1-. The lowest BCUT2D eigenvalue weighted by atomic mass is 10.1. The highest BCUT2D eigenvalue weighted by Gasteiger charge is 2.00. The number of imidazole rings is 1. The average molecular weight is 421 g/mol. The van der Waals surface area contributed by atoms with Crippen molar-refractivity contribution in [3.05, 3.63) is 53.7 Å². The highest BCUT2D eigenvalue weighted by atomic mass is 16.5. The molecule has 1 aromatic rings. The summed E-state index contributed by atoms with van der Waals surface area (Å²) >= 11 is 0. The van der Waals surface area contributed by atoms with E-state index in [0.29, 0.717) is 25.3 Å². The van der Waals surface area contributed by atoms with E-state index >= 15 is 0 Å². The normalized spacial score (nSPS) is 10.7. The predicted molar refractivity (Wildman–Crippen MR) is 113 cm³/mol. The molecule has 0 aliphatic heterocycles. The van der Waals surface area contributed by atoms with Gasteiger partial charge in [-0.05, 0) is 46.5 Å². The molecule has 1 heterocycles. The Kier molecular flexibility index (Phi) is 14.7. The fourth-order valence-electron chi connectivity index (χ4n) is 2.04. The predicted octanol–water partition coefficient (Wildman–Crippen LogP) is 3.47. The number of allylic oxidation sites excluding steroid dienone is 3. The van der Waals surface area contributed by atoms with Crippen LogP contribution in [-0.2, 0) is 20.7 Å². The second-order valence-corrected chi connectivity index (χ2v) is 6.58. The van der Waals surface area contributed by atoms with E-state index in [-0.39, 0.29) is 6.09 Å². The molecule has 166 valence electrons. The number of aliphatic carboxylic acids is 2. The minimum Gasteiger partial charge on any atom is -0.478 e. The van der Waals surface area contributed by atoms with E-state index in [1.165, 1.54) is 11.1 Å². The number of nitrogens with zero attached hydrogens (tertiary/aromatic N) is 1. The van der Waals surface area contributed by atoms with Crippen molar-refractivity contribution in [2.24, 2.45) is 0 Å². The van der Waals surface area contributed by atoms with Gasteiger partial charge in [0.15, 0.2) is 0 Å². The highest BCUT2D eigenvalue weighted by molar-refractivity contribution is 5.89. The Bertz CT molecular complexity index is 716. The van der Waals surface area contributed by atoms with E-state index in [1.54, 1.807) is 12.5 Å². The second-order valence-electron chi connectivity index (χ2n) is 6.58. The lowest BCUT2D eigenvalue weighted by molar-refractivity contribution is -0.134. The molecular formula is C21H31N3O6. The third kappa shape index (κ3) is 18.0. The summed E-state index contributed by atoms with van der Waals surface area (Å²) in [5.74, 6) is -2.51. The van der Waals surface area contributed by atoms with Crippen LogP contribution in [0.15, 0.2) is 48.0 Å². The Hall–Kier alpha value is -3.36. The number of hydrogen-bond acceptors (Lipinski definition) is 5. The van der Waals surface area contributed by atoms with Crippen LogP contribution in [-0.4, -0.2) is 51.4 Å².